The maximum absolute atomic E-state index is 14.2. The van der Waals surface area contributed by atoms with Gasteiger partial charge in [0.05, 0.1) is 39.0 Å². The van der Waals surface area contributed by atoms with Crippen molar-refractivity contribution in [2.75, 3.05) is 31.5 Å². The van der Waals surface area contributed by atoms with Crippen molar-refractivity contribution in [1.82, 2.24) is 0 Å². The van der Waals surface area contributed by atoms with Gasteiger partial charge in [0.15, 0.2) is 0 Å². The standard InChI is InChI=1S/C31H27ClN2O5/c1-37-22-13-8-19(9-14-22)29-28(30(35)33-26-18-20(32)10-17-27(26)39-3)24-6-4-5-7-25(24)31(36)34(29)21-11-15-23(38-2)16-12-21/h4-18,28-29H,1-3H3,(H,33,35). The zero-order chi connectivity index (χ0) is 27.5. The molecule has 7 nitrogen and oxygen atoms in total. The molecule has 198 valence electrons. The molecule has 1 aliphatic heterocycles. The van der Waals surface area contributed by atoms with Crippen LogP contribution in [0.25, 0.3) is 0 Å². The molecule has 0 saturated carbocycles. The van der Waals surface area contributed by atoms with Gasteiger partial charge in [0, 0.05) is 16.3 Å². The Kier molecular flexibility index (Phi) is 7.43. The molecule has 0 saturated heterocycles. The van der Waals surface area contributed by atoms with Crippen LogP contribution in [0.2, 0.25) is 5.02 Å². The summed E-state index contributed by atoms with van der Waals surface area (Å²) in [6.07, 6.45) is 0. The molecule has 1 N–H and O–H groups in total. The highest BCUT2D eigenvalue weighted by Gasteiger charge is 2.45. The molecule has 2 unspecified atom stereocenters. The summed E-state index contributed by atoms with van der Waals surface area (Å²) in [7, 11) is 4.70. The van der Waals surface area contributed by atoms with E-state index in [1.54, 1.807) is 61.6 Å². The molecule has 0 aliphatic carbocycles. The van der Waals surface area contributed by atoms with E-state index in [0.29, 0.717) is 44.8 Å². The molecule has 1 aliphatic rings. The maximum atomic E-state index is 14.2. The van der Waals surface area contributed by atoms with Crippen molar-refractivity contribution in [3.05, 3.63) is 113 Å². The number of carbonyl (C=O) groups is 2. The van der Waals surface area contributed by atoms with E-state index in [4.69, 9.17) is 25.8 Å². The van der Waals surface area contributed by atoms with Gasteiger partial charge in [-0.1, -0.05) is 41.9 Å². The molecule has 5 rings (SSSR count). The second-order valence-electron chi connectivity index (χ2n) is 8.99. The number of anilines is 2. The predicted octanol–water partition coefficient (Wildman–Crippen LogP) is 6.49. The van der Waals surface area contributed by atoms with Crippen LogP contribution in [0.5, 0.6) is 17.2 Å². The van der Waals surface area contributed by atoms with Crippen molar-refractivity contribution in [2.45, 2.75) is 12.0 Å². The SMILES string of the molecule is COc1ccc(C2C(C(=O)Nc3cc(Cl)ccc3OC)c3ccccc3C(=O)N2c2ccc(OC)cc2)cc1. The monoisotopic (exact) mass is 542 g/mol. The van der Waals surface area contributed by atoms with Crippen LogP contribution in [0.3, 0.4) is 0 Å². The van der Waals surface area contributed by atoms with Gasteiger partial charge in [-0.3, -0.25) is 14.5 Å². The molecular weight excluding hydrogens is 516 g/mol. The van der Waals surface area contributed by atoms with Crippen LogP contribution in [0, 0.1) is 0 Å². The summed E-state index contributed by atoms with van der Waals surface area (Å²) in [5, 5.41) is 3.46. The molecular formula is C31H27ClN2O5. The molecule has 0 bridgehead atoms. The molecule has 0 spiro atoms. The Morgan fingerprint density at radius 2 is 1.46 bits per heavy atom. The third-order valence-corrected chi connectivity index (χ3v) is 7.08. The average Bonchev–Trinajstić information content (AvgIpc) is 2.97. The number of hydrogen-bond donors (Lipinski definition) is 1. The number of fused-ring (bicyclic) bond motifs is 1. The second-order valence-corrected chi connectivity index (χ2v) is 9.43. The molecule has 0 fully saturated rings. The lowest BCUT2D eigenvalue weighted by atomic mass is 9.78. The van der Waals surface area contributed by atoms with E-state index in [9.17, 15) is 9.59 Å². The van der Waals surface area contributed by atoms with Gasteiger partial charge in [-0.05, 0) is 71.8 Å². The van der Waals surface area contributed by atoms with Crippen LogP contribution in [0.4, 0.5) is 11.4 Å². The predicted molar refractivity (Wildman–Crippen MR) is 151 cm³/mol. The van der Waals surface area contributed by atoms with E-state index in [0.717, 1.165) is 5.56 Å². The number of nitrogens with one attached hydrogen (secondary N) is 1. The van der Waals surface area contributed by atoms with Gasteiger partial charge < -0.3 is 19.5 Å². The Morgan fingerprint density at radius 3 is 2.10 bits per heavy atom. The minimum atomic E-state index is -0.766. The summed E-state index contributed by atoms with van der Waals surface area (Å²) in [6, 6.07) is 26.2. The van der Waals surface area contributed by atoms with Crippen LogP contribution in [0.15, 0.2) is 91.0 Å². The zero-order valence-electron chi connectivity index (χ0n) is 21.7. The van der Waals surface area contributed by atoms with E-state index in [1.807, 2.05) is 48.5 Å². The number of hydrogen-bond acceptors (Lipinski definition) is 5. The summed E-state index contributed by atoms with van der Waals surface area (Å²) in [5.41, 5.74) is 2.93. The molecule has 0 radical (unpaired) electrons. The van der Waals surface area contributed by atoms with Crippen molar-refractivity contribution < 1.29 is 23.8 Å². The van der Waals surface area contributed by atoms with Gasteiger partial charge >= 0.3 is 0 Å². The number of ether oxygens (including phenoxy) is 3. The van der Waals surface area contributed by atoms with Crippen LogP contribution in [-0.2, 0) is 4.79 Å². The number of rotatable bonds is 7. The highest BCUT2D eigenvalue weighted by molar-refractivity contribution is 6.31. The number of carbonyl (C=O) groups excluding carboxylic acids is 2. The third-order valence-electron chi connectivity index (χ3n) is 6.85. The quantitative estimate of drug-likeness (QED) is 0.289. The highest BCUT2D eigenvalue weighted by Crippen LogP contribution is 2.46. The number of halogens is 1. The number of amides is 2. The fourth-order valence-corrected chi connectivity index (χ4v) is 5.15. The van der Waals surface area contributed by atoms with Crippen LogP contribution in [-0.4, -0.2) is 33.1 Å². The Morgan fingerprint density at radius 1 is 0.821 bits per heavy atom. The highest BCUT2D eigenvalue weighted by atomic mass is 35.5. The van der Waals surface area contributed by atoms with E-state index in [1.165, 1.54) is 7.11 Å². The van der Waals surface area contributed by atoms with E-state index >= 15 is 0 Å². The lowest BCUT2D eigenvalue weighted by Gasteiger charge is -2.42. The van der Waals surface area contributed by atoms with Gasteiger partial charge in [-0.25, -0.2) is 0 Å². The van der Waals surface area contributed by atoms with Gasteiger partial charge in [0.2, 0.25) is 5.91 Å². The Balaban J connectivity index is 1.69. The summed E-state index contributed by atoms with van der Waals surface area (Å²) >= 11 is 6.24. The first kappa shape index (κ1) is 26.1. The van der Waals surface area contributed by atoms with Gasteiger partial charge in [-0.2, -0.15) is 0 Å². The first-order chi connectivity index (χ1) is 18.9. The summed E-state index contributed by atoms with van der Waals surface area (Å²) in [6.45, 7) is 0. The van der Waals surface area contributed by atoms with E-state index < -0.39 is 12.0 Å². The molecule has 0 aromatic heterocycles. The summed E-state index contributed by atoms with van der Waals surface area (Å²) in [5.74, 6) is 0.517. The second kappa shape index (κ2) is 11.1. The van der Waals surface area contributed by atoms with Crippen molar-refractivity contribution in [1.29, 1.82) is 0 Å². The number of nitrogens with zero attached hydrogens (tertiary/aromatic N) is 1. The smallest absolute Gasteiger partial charge is 0.259 e. The zero-order valence-corrected chi connectivity index (χ0v) is 22.4. The first-order valence-corrected chi connectivity index (χ1v) is 12.7. The molecule has 4 aromatic carbocycles. The van der Waals surface area contributed by atoms with Crippen LogP contribution >= 0.6 is 11.6 Å². The molecule has 39 heavy (non-hydrogen) atoms. The Bertz CT molecular complexity index is 1500. The third kappa shape index (κ3) is 5.01. The van der Waals surface area contributed by atoms with Crippen molar-refractivity contribution in [3.8, 4) is 17.2 Å². The molecule has 2 amide bonds. The molecule has 1 heterocycles. The van der Waals surface area contributed by atoms with Crippen LogP contribution in [0.1, 0.15) is 33.4 Å². The van der Waals surface area contributed by atoms with E-state index in [-0.39, 0.29) is 11.8 Å². The average molecular weight is 543 g/mol. The topological polar surface area (TPSA) is 77.1 Å². The van der Waals surface area contributed by atoms with Crippen molar-refractivity contribution in [3.63, 3.8) is 0 Å². The number of methoxy groups -OCH3 is 3. The Hall–Kier alpha value is -4.49. The normalized spacial score (nSPS) is 16.3. The minimum Gasteiger partial charge on any atom is -0.497 e. The fourth-order valence-electron chi connectivity index (χ4n) is 4.97. The minimum absolute atomic E-state index is 0.207. The largest absolute Gasteiger partial charge is 0.497 e. The van der Waals surface area contributed by atoms with Crippen molar-refractivity contribution in [2.24, 2.45) is 0 Å². The summed E-state index contributed by atoms with van der Waals surface area (Å²) < 4.78 is 16.2. The number of benzene rings is 4. The van der Waals surface area contributed by atoms with Crippen LogP contribution < -0.4 is 24.4 Å². The first-order valence-electron chi connectivity index (χ1n) is 12.3. The maximum Gasteiger partial charge on any atom is 0.259 e. The molecule has 2 atom stereocenters. The van der Waals surface area contributed by atoms with Gasteiger partial charge in [0.25, 0.3) is 5.91 Å². The fraction of sp³-hybridized carbons (Fsp3) is 0.161. The van der Waals surface area contributed by atoms with E-state index in [2.05, 4.69) is 5.32 Å². The molecule has 4 aromatic rings. The van der Waals surface area contributed by atoms with Gasteiger partial charge in [-0.15, -0.1) is 0 Å². The van der Waals surface area contributed by atoms with Gasteiger partial charge in [0.1, 0.15) is 17.2 Å². The summed E-state index contributed by atoms with van der Waals surface area (Å²) in [4.78, 5) is 29.9. The molecule has 8 heteroatoms. The lowest BCUT2D eigenvalue weighted by molar-refractivity contribution is -0.118. The van der Waals surface area contributed by atoms with Crippen molar-refractivity contribution >= 4 is 34.8 Å². The Labute approximate surface area is 231 Å². The lowest BCUT2D eigenvalue weighted by Crippen LogP contribution is -2.46.